The van der Waals surface area contributed by atoms with Crippen molar-refractivity contribution < 1.29 is 19.0 Å². The molecule has 5 heteroatoms. The van der Waals surface area contributed by atoms with Crippen molar-refractivity contribution >= 4 is 6.09 Å². The van der Waals surface area contributed by atoms with Gasteiger partial charge < -0.3 is 19.5 Å². The lowest BCUT2D eigenvalue weighted by molar-refractivity contribution is 0.0435. The molecule has 110 valence electrons. The van der Waals surface area contributed by atoms with E-state index in [1.165, 1.54) is 0 Å². The maximum atomic E-state index is 11.8. The molecule has 2 atom stereocenters. The molecule has 2 heterocycles. The van der Waals surface area contributed by atoms with Gasteiger partial charge in [-0.3, -0.25) is 0 Å². The van der Waals surface area contributed by atoms with Gasteiger partial charge in [0.2, 0.25) is 0 Å². The zero-order valence-corrected chi connectivity index (χ0v) is 12.1. The molecule has 0 radical (unpaired) electrons. The summed E-state index contributed by atoms with van der Waals surface area (Å²) >= 11 is 0. The lowest BCUT2D eigenvalue weighted by Gasteiger charge is -2.27. The topological polar surface area (TPSA) is 60.1 Å². The van der Waals surface area contributed by atoms with E-state index in [4.69, 9.17) is 14.2 Å². The molecule has 0 bridgehead atoms. The standard InChI is InChI=1S/C14H25NO4/c1-14(2,3)19-13(16)15-11(12-9-18-12)8-10-4-6-17-7-5-10/h10-12H,4-9H2,1-3H3,(H,15,16)/t11-,12?/m0/s1. The van der Waals surface area contributed by atoms with Crippen molar-refractivity contribution in [3.05, 3.63) is 0 Å². The number of epoxide rings is 1. The lowest BCUT2D eigenvalue weighted by atomic mass is 9.91. The Labute approximate surface area is 115 Å². The fourth-order valence-corrected chi connectivity index (χ4v) is 2.39. The second-order valence-electron chi connectivity index (χ2n) is 6.42. The Morgan fingerprint density at radius 3 is 2.53 bits per heavy atom. The quantitative estimate of drug-likeness (QED) is 0.795. The first kappa shape index (κ1) is 14.6. The minimum absolute atomic E-state index is 0.0675. The van der Waals surface area contributed by atoms with E-state index in [-0.39, 0.29) is 18.2 Å². The molecule has 1 amide bonds. The molecule has 0 saturated carbocycles. The number of alkyl carbamates (subject to hydrolysis) is 1. The summed E-state index contributed by atoms with van der Waals surface area (Å²) in [5.41, 5.74) is -0.461. The molecule has 2 aliphatic heterocycles. The summed E-state index contributed by atoms with van der Waals surface area (Å²) in [6.45, 7) is 8.00. The number of nitrogens with one attached hydrogen (secondary N) is 1. The van der Waals surface area contributed by atoms with E-state index >= 15 is 0 Å². The van der Waals surface area contributed by atoms with E-state index < -0.39 is 5.60 Å². The molecule has 19 heavy (non-hydrogen) atoms. The van der Waals surface area contributed by atoms with E-state index in [2.05, 4.69) is 5.32 Å². The average molecular weight is 271 g/mol. The Balaban J connectivity index is 1.80. The van der Waals surface area contributed by atoms with Crippen LogP contribution in [0.1, 0.15) is 40.0 Å². The summed E-state index contributed by atoms with van der Waals surface area (Å²) < 4.78 is 16.0. The third-order valence-electron chi connectivity index (χ3n) is 3.44. The van der Waals surface area contributed by atoms with Gasteiger partial charge in [-0.25, -0.2) is 4.79 Å². The smallest absolute Gasteiger partial charge is 0.407 e. The molecule has 0 aromatic rings. The van der Waals surface area contributed by atoms with E-state index in [1.54, 1.807) is 0 Å². The molecule has 0 aromatic heterocycles. The third kappa shape index (κ3) is 5.37. The second-order valence-corrected chi connectivity index (χ2v) is 6.42. The van der Waals surface area contributed by atoms with Crippen molar-refractivity contribution in [1.29, 1.82) is 0 Å². The zero-order valence-electron chi connectivity index (χ0n) is 12.1. The van der Waals surface area contributed by atoms with Crippen LogP contribution in [0.3, 0.4) is 0 Å². The monoisotopic (exact) mass is 271 g/mol. The predicted octanol–water partition coefficient (Wildman–Crippen LogP) is 2.10. The Hall–Kier alpha value is -0.810. The second kappa shape index (κ2) is 6.09. The molecule has 0 aliphatic carbocycles. The first-order valence-electron chi connectivity index (χ1n) is 7.13. The molecule has 1 unspecified atom stereocenters. The van der Waals surface area contributed by atoms with Gasteiger partial charge in [0.05, 0.1) is 12.6 Å². The van der Waals surface area contributed by atoms with Gasteiger partial charge >= 0.3 is 6.09 Å². The van der Waals surface area contributed by atoms with Gasteiger partial charge in [-0.2, -0.15) is 0 Å². The number of ether oxygens (including phenoxy) is 3. The van der Waals surface area contributed by atoms with Crippen molar-refractivity contribution in [2.75, 3.05) is 19.8 Å². The summed E-state index contributed by atoms with van der Waals surface area (Å²) in [6, 6.07) is 0.0675. The number of carbonyl (C=O) groups excluding carboxylic acids is 1. The zero-order chi connectivity index (χ0) is 13.9. The van der Waals surface area contributed by atoms with Gasteiger partial charge in [0.15, 0.2) is 0 Å². The van der Waals surface area contributed by atoms with Gasteiger partial charge in [-0.15, -0.1) is 0 Å². The largest absolute Gasteiger partial charge is 0.444 e. The highest BCUT2D eigenvalue weighted by Gasteiger charge is 2.36. The van der Waals surface area contributed by atoms with E-state index in [0.29, 0.717) is 5.92 Å². The van der Waals surface area contributed by atoms with Crippen molar-refractivity contribution in [2.45, 2.75) is 57.8 Å². The number of amides is 1. The lowest BCUT2D eigenvalue weighted by Crippen LogP contribution is -2.43. The van der Waals surface area contributed by atoms with E-state index in [9.17, 15) is 4.79 Å². The fraction of sp³-hybridized carbons (Fsp3) is 0.929. The maximum Gasteiger partial charge on any atom is 0.407 e. The van der Waals surface area contributed by atoms with Crippen LogP contribution in [-0.2, 0) is 14.2 Å². The Morgan fingerprint density at radius 1 is 1.37 bits per heavy atom. The van der Waals surface area contributed by atoms with Gasteiger partial charge in [0.1, 0.15) is 11.7 Å². The molecule has 2 fully saturated rings. The molecular weight excluding hydrogens is 246 g/mol. The van der Waals surface area contributed by atoms with Crippen LogP contribution in [0, 0.1) is 5.92 Å². The maximum absolute atomic E-state index is 11.8. The van der Waals surface area contributed by atoms with Crippen LogP contribution in [0.25, 0.3) is 0 Å². The molecular formula is C14H25NO4. The molecule has 2 rings (SSSR count). The Bertz CT molecular complexity index is 303. The van der Waals surface area contributed by atoms with Crippen LogP contribution in [-0.4, -0.2) is 43.7 Å². The molecule has 2 aliphatic rings. The highest BCUT2D eigenvalue weighted by Crippen LogP contribution is 2.26. The Kier molecular flexibility index (Phi) is 4.68. The van der Waals surface area contributed by atoms with Crippen molar-refractivity contribution in [2.24, 2.45) is 5.92 Å². The Morgan fingerprint density at radius 2 is 2.00 bits per heavy atom. The van der Waals surface area contributed by atoms with Crippen LogP contribution in [0.2, 0.25) is 0 Å². The first-order valence-corrected chi connectivity index (χ1v) is 7.13. The predicted molar refractivity (Wildman–Crippen MR) is 71.1 cm³/mol. The number of hydrogen-bond donors (Lipinski definition) is 1. The van der Waals surface area contributed by atoms with Gasteiger partial charge in [-0.05, 0) is 46.0 Å². The molecule has 0 spiro atoms. The molecule has 0 aromatic carbocycles. The normalized spacial score (nSPS) is 25.7. The number of rotatable bonds is 4. The molecule has 2 saturated heterocycles. The van der Waals surface area contributed by atoms with Gasteiger partial charge in [0.25, 0.3) is 0 Å². The van der Waals surface area contributed by atoms with Gasteiger partial charge in [-0.1, -0.05) is 0 Å². The summed E-state index contributed by atoms with van der Waals surface area (Å²) in [5, 5.41) is 2.96. The minimum atomic E-state index is -0.461. The van der Waals surface area contributed by atoms with Gasteiger partial charge in [0, 0.05) is 13.2 Å². The highest BCUT2D eigenvalue weighted by atomic mass is 16.6. The third-order valence-corrected chi connectivity index (χ3v) is 3.44. The number of carbonyl (C=O) groups is 1. The van der Waals surface area contributed by atoms with Crippen molar-refractivity contribution in [1.82, 2.24) is 5.32 Å². The highest BCUT2D eigenvalue weighted by molar-refractivity contribution is 5.68. The minimum Gasteiger partial charge on any atom is -0.444 e. The van der Waals surface area contributed by atoms with Crippen LogP contribution in [0.4, 0.5) is 4.79 Å². The van der Waals surface area contributed by atoms with Crippen LogP contribution in [0.5, 0.6) is 0 Å². The van der Waals surface area contributed by atoms with Crippen LogP contribution in [0.15, 0.2) is 0 Å². The van der Waals surface area contributed by atoms with Crippen molar-refractivity contribution in [3.63, 3.8) is 0 Å². The summed E-state index contributed by atoms with van der Waals surface area (Å²) in [6.07, 6.45) is 2.90. The van der Waals surface area contributed by atoms with Crippen LogP contribution < -0.4 is 5.32 Å². The van der Waals surface area contributed by atoms with E-state index in [1.807, 2.05) is 20.8 Å². The molecule has 5 nitrogen and oxygen atoms in total. The van der Waals surface area contributed by atoms with E-state index in [0.717, 1.165) is 39.1 Å². The average Bonchev–Trinajstić information content (AvgIpc) is 3.10. The van der Waals surface area contributed by atoms with Crippen LogP contribution >= 0.6 is 0 Å². The molecule has 1 N–H and O–H groups in total. The van der Waals surface area contributed by atoms with Crippen molar-refractivity contribution in [3.8, 4) is 0 Å². The first-order chi connectivity index (χ1) is 8.94. The fourth-order valence-electron chi connectivity index (χ4n) is 2.39. The summed E-state index contributed by atoms with van der Waals surface area (Å²) in [5.74, 6) is 0.609. The number of hydrogen-bond acceptors (Lipinski definition) is 4. The summed E-state index contributed by atoms with van der Waals surface area (Å²) in [7, 11) is 0. The summed E-state index contributed by atoms with van der Waals surface area (Å²) in [4.78, 5) is 11.8. The SMILES string of the molecule is CC(C)(C)OC(=O)N[C@@H](CC1CCOCC1)C1CO1.